The lowest BCUT2D eigenvalue weighted by molar-refractivity contribution is 0.348. The zero-order chi connectivity index (χ0) is 13.1. The summed E-state index contributed by atoms with van der Waals surface area (Å²) in [5.41, 5.74) is 6.04. The first kappa shape index (κ1) is 12.6. The zero-order valence-electron chi connectivity index (χ0n) is 9.86. The Morgan fingerprint density at radius 2 is 2.17 bits per heavy atom. The third-order valence-corrected chi connectivity index (χ3v) is 2.60. The molecule has 0 aliphatic heterocycles. The van der Waals surface area contributed by atoms with Crippen LogP contribution in [0.3, 0.4) is 0 Å². The summed E-state index contributed by atoms with van der Waals surface area (Å²) in [6.45, 7) is 1.90. The number of benzene rings is 1. The Morgan fingerprint density at radius 1 is 1.39 bits per heavy atom. The van der Waals surface area contributed by atoms with E-state index in [1.807, 2.05) is 6.92 Å². The van der Waals surface area contributed by atoms with Crippen molar-refractivity contribution in [2.24, 2.45) is 5.73 Å². The first-order chi connectivity index (χ1) is 8.60. The van der Waals surface area contributed by atoms with Crippen molar-refractivity contribution in [3.8, 4) is 0 Å². The number of hydrogen-bond donors (Lipinski definition) is 1. The lowest BCUT2D eigenvalue weighted by Gasteiger charge is -2.00. The van der Waals surface area contributed by atoms with Crippen LogP contribution < -0.4 is 5.73 Å². The standard InChI is InChI=1S/C12H13F2N3O/c1-2-10(15)12-16-11(17-18-12)5-7-3-4-8(13)6-9(7)14/h3-4,6,10H,2,5,15H2,1H3/t10-/m0/s1. The maximum absolute atomic E-state index is 13.4. The molecule has 2 aromatic rings. The number of halogens is 2. The van der Waals surface area contributed by atoms with Gasteiger partial charge in [0.2, 0.25) is 5.89 Å². The van der Waals surface area contributed by atoms with E-state index in [0.717, 1.165) is 6.07 Å². The van der Waals surface area contributed by atoms with E-state index in [0.29, 0.717) is 23.7 Å². The molecular weight excluding hydrogens is 240 g/mol. The van der Waals surface area contributed by atoms with Gasteiger partial charge in [-0.2, -0.15) is 4.98 Å². The SMILES string of the molecule is CC[C@H](N)c1nc(Cc2ccc(F)cc2F)no1. The van der Waals surface area contributed by atoms with Crippen molar-refractivity contribution in [2.75, 3.05) is 0 Å². The van der Waals surface area contributed by atoms with E-state index in [-0.39, 0.29) is 12.5 Å². The summed E-state index contributed by atoms with van der Waals surface area (Å²) in [5, 5.41) is 3.72. The van der Waals surface area contributed by atoms with Crippen molar-refractivity contribution in [1.82, 2.24) is 10.1 Å². The number of nitrogens with zero attached hydrogens (tertiary/aromatic N) is 2. The lowest BCUT2D eigenvalue weighted by Crippen LogP contribution is -2.09. The minimum atomic E-state index is -0.624. The molecule has 18 heavy (non-hydrogen) atoms. The summed E-state index contributed by atoms with van der Waals surface area (Å²) >= 11 is 0. The third kappa shape index (κ3) is 2.70. The number of nitrogens with two attached hydrogens (primary N) is 1. The molecule has 2 N–H and O–H groups in total. The Bertz CT molecular complexity index is 542. The highest BCUT2D eigenvalue weighted by Gasteiger charge is 2.14. The summed E-state index contributed by atoms with van der Waals surface area (Å²) in [7, 11) is 0. The molecule has 2 rings (SSSR count). The average Bonchev–Trinajstić information content (AvgIpc) is 2.80. The van der Waals surface area contributed by atoms with Crippen LogP contribution in [-0.2, 0) is 6.42 Å². The van der Waals surface area contributed by atoms with Crippen LogP contribution >= 0.6 is 0 Å². The largest absolute Gasteiger partial charge is 0.338 e. The van der Waals surface area contributed by atoms with Gasteiger partial charge in [0.25, 0.3) is 0 Å². The molecular formula is C12H13F2N3O. The fraction of sp³-hybridized carbons (Fsp3) is 0.333. The zero-order valence-corrected chi connectivity index (χ0v) is 9.86. The van der Waals surface area contributed by atoms with Gasteiger partial charge in [0, 0.05) is 12.5 Å². The molecule has 0 bridgehead atoms. The highest BCUT2D eigenvalue weighted by molar-refractivity contribution is 5.21. The second kappa shape index (κ2) is 5.22. The van der Waals surface area contributed by atoms with Gasteiger partial charge in [-0.15, -0.1) is 0 Å². The summed E-state index contributed by atoms with van der Waals surface area (Å²) in [6.07, 6.45) is 0.818. The molecule has 0 aliphatic rings. The topological polar surface area (TPSA) is 64.9 Å². The van der Waals surface area contributed by atoms with Crippen LogP contribution in [0.2, 0.25) is 0 Å². The summed E-state index contributed by atoms with van der Waals surface area (Å²) in [6, 6.07) is 3.07. The van der Waals surface area contributed by atoms with E-state index < -0.39 is 11.6 Å². The van der Waals surface area contributed by atoms with Gasteiger partial charge in [-0.1, -0.05) is 18.1 Å². The molecule has 0 unspecified atom stereocenters. The average molecular weight is 253 g/mol. The molecule has 1 aromatic carbocycles. The molecule has 0 aliphatic carbocycles. The molecule has 0 amide bonds. The van der Waals surface area contributed by atoms with E-state index >= 15 is 0 Å². The lowest BCUT2D eigenvalue weighted by atomic mass is 10.1. The first-order valence-corrected chi connectivity index (χ1v) is 5.62. The van der Waals surface area contributed by atoms with Crippen molar-refractivity contribution in [3.05, 3.63) is 47.1 Å². The van der Waals surface area contributed by atoms with Crippen LogP contribution in [0.1, 0.15) is 36.7 Å². The molecule has 1 heterocycles. The molecule has 6 heteroatoms. The van der Waals surface area contributed by atoms with Crippen LogP contribution in [0, 0.1) is 11.6 Å². The van der Waals surface area contributed by atoms with Gasteiger partial charge in [-0.3, -0.25) is 0 Å². The molecule has 0 spiro atoms. The molecule has 0 saturated carbocycles. The number of aromatic nitrogens is 2. The van der Waals surface area contributed by atoms with Gasteiger partial charge >= 0.3 is 0 Å². The molecule has 0 fully saturated rings. The minimum Gasteiger partial charge on any atom is -0.338 e. The predicted molar refractivity (Wildman–Crippen MR) is 60.7 cm³/mol. The Hall–Kier alpha value is -1.82. The van der Waals surface area contributed by atoms with Gasteiger partial charge in [0.1, 0.15) is 11.6 Å². The van der Waals surface area contributed by atoms with Gasteiger partial charge in [-0.05, 0) is 18.1 Å². The van der Waals surface area contributed by atoms with Crippen LogP contribution in [0.4, 0.5) is 8.78 Å². The summed E-state index contributed by atoms with van der Waals surface area (Å²) in [4.78, 5) is 4.08. The quantitative estimate of drug-likeness (QED) is 0.908. The van der Waals surface area contributed by atoms with Crippen molar-refractivity contribution in [3.63, 3.8) is 0 Å². The van der Waals surface area contributed by atoms with E-state index in [2.05, 4.69) is 10.1 Å². The fourth-order valence-electron chi connectivity index (χ4n) is 1.50. The maximum atomic E-state index is 13.4. The second-order valence-corrected chi connectivity index (χ2v) is 3.98. The Balaban J connectivity index is 2.16. The monoisotopic (exact) mass is 253 g/mol. The van der Waals surface area contributed by atoms with Crippen molar-refractivity contribution in [1.29, 1.82) is 0 Å². The number of rotatable bonds is 4. The molecule has 1 aromatic heterocycles. The van der Waals surface area contributed by atoms with E-state index in [4.69, 9.17) is 10.3 Å². The molecule has 4 nitrogen and oxygen atoms in total. The molecule has 96 valence electrons. The van der Waals surface area contributed by atoms with Gasteiger partial charge in [-0.25, -0.2) is 8.78 Å². The smallest absolute Gasteiger partial charge is 0.243 e. The first-order valence-electron chi connectivity index (χ1n) is 5.62. The number of hydrogen-bond acceptors (Lipinski definition) is 4. The molecule has 1 atom stereocenters. The highest BCUT2D eigenvalue weighted by Crippen LogP contribution is 2.15. The summed E-state index contributed by atoms with van der Waals surface area (Å²) < 4.78 is 31.1. The Kier molecular flexibility index (Phi) is 3.66. The van der Waals surface area contributed by atoms with E-state index in [1.54, 1.807) is 0 Å². The van der Waals surface area contributed by atoms with E-state index in [1.165, 1.54) is 12.1 Å². The summed E-state index contributed by atoms with van der Waals surface area (Å²) in [5.74, 6) is -0.575. The minimum absolute atomic E-state index is 0.145. The van der Waals surface area contributed by atoms with Crippen LogP contribution in [0.15, 0.2) is 22.7 Å². The van der Waals surface area contributed by atoms with Crippen LogP contribution in [0.25, 0.3) is 0 Å². The van der Waals surface area contributed by atoms with Crippen molar-refractivity contribution < 1.29 is 13.3 Å². The second-order valence-electron chi connectivity index (χ2n) is 3.98. The van der Waals surface area contributed by atoms with Crippen LogP contribution in [-0.4, -0.2) is 10.1 Å². The predicted octanol–water partition coefficient (Wildman–Crippen LogP) is 2.35. The van der Waals surface area contributed by atoms with Gasteiger partial charge in [0.15, 0.2) is 5.82 Å². The third-order valence-electron chi connectivity index (χ3n) is 2.60. The van der Waals surface area contributed by atoms with Crippen LogP contribution in [0.5, 0.6) is 0 Å². The molecule has 0 radical (unpaired) electrons. The van der Waals surface area contributed by atoms with E-state index in [9.17, 15) is 8.78 Å². The van der Waals surface area contributed by atoms with Crippen molar-refractivity contribution in [2.45, 2.75) is 25.8 Å². The normalized spacial score (nSPS) is 12.7. The van der Waals surface area contributed by atoms with Crippen molar-refractivity contribution >= 4 is 0 Å². The van der Waals surface area contributed by atoms with Gasteiger partial charge < -0.3 is 10.3 Å². The maximum Gasteiger partial charge on any atom is 0.243 e. The fourth-order valence-corrected chi connectivity index (χ4v) is 1.50. The van der Waals surface area contributed by atoms with Gasteiger partial charge in [0.05, 0.1) is 6.04 Å². The Morgan fingerprint density at radius 3 is 2.83 bits per heavy atom. The highest BCUT2D eigenvalue weighted by atomic mass is 19.1. The molecule has 0 saturated heterocycles. The Labute approximate surface area is 103 Å².